The van der Waals surface area contributed by atoms with E-state index >= 15 is 0 Å². The third-order valence-corrected chi connectivity index (χ3v) is 4.42. The Morgan fingerprint density at radius 2 is 1.45 bits per heavy atom. The van der Waals surface area contributed by atoms with Gasteiger partial charge in [0.1, 0.15) is 5.75 Å². The van der Waals surface area contributed by atoms with Crippen LogP contribution in [0.25, 0.3) is 0 Å². The molecular formula is C24H22N2O5. The molecule has 0 aliphatic rings. The number of nitrogens with one attached hydrogen (secondary N) is 2. The lowest BCUT2D eigenvalue weighted by molar-refractivity contribution is -0.122. The number of carbonyl (C=O) groups excluding carboxylic acids is 3. The first-order valence-electron chi connectivity index (χ1n) is 9.59. The Kier molecular flexibility index (Phi) is 7.01. The summed E-state index contributed by atoms with van der Waals surface area (Å²) in [5, 5.41) is 5.45. The summed E-state index contributed by atoms with van der Waals surface area (Å²) in [6.07, 6.45) is -0.694. The number of rotatable bonds is 7. The van der Waals surface area contributed by atoms with Crippen LogP contribution in [-0.2, 0) is 9.53 Å². The summed E-state index contributed by atoms with van der Waals surface area (Å²) in [6, 6.07) is 22.0. The molecule has 0 bridgehead atoms. The van der Waals surface area contributed by atoms with Crippen LogP contribution < -0.4 is 15.4 Å². The van der Waals surface area contributed by atoms with E-state index in [9.17, 15) is 14.4 Å². The van der Waals surface area contributed by atoms with Gasteiger partial charge in [-0.3, -0.25) is 9.59 Å². The lowest BCUT2D eigenvalue weighted by atomic mass is 10.1. The van der Waals surface area contributed by atoms with Crippen LogP contribution in [0, 0.1) is 0 Å². The molecule has 0 heterocycles. The fourth-order valence-electron chi connectivity index (χ4n) is 2.78. The molecule has 0 saturated heterocycles. The molecule has 2 amide bonds. The number of amides is 2. The Hall–Kier alpha value is -4.13. The molecule has 0 radical (unpaired) electrons. The van der Waals surface area contributed by atoms with Crippen molar-refractivity contribution in [2.24, 2.45) is 0 Å². The zero-order valence-electron chi connectivity index (χ0n) is 17.1. The highest BCUT2D eigenvalue weighted by Gasteiger charge is 2.16. The van der Waals surface area contributed by atoms with Crippen molar-refractivity contribution in [3.05, 3.63) is 90.0 Å². The van der Waals surface area contributed by atoms with Crippen molar-refractivity contribution >= 4 is 29.2 Å². The quantitative estimate of drug-likeness (QED) is 0.563. The first kappa shape index (κ1) is 21.6. The van der Waals surface area contributed by atoms with Crippen molar-refractivity contribution in [1.82, 2.24) is 0 Å². The van der Waals surface area contributed by atoms with Crippen molar-refractivity contribution in [3.8, 4) is 5.75 Å². The molecule has 7 nitrogen and oxygen atoms in total. The van der Waals surface area contributed by atoms with E-state index in [1.165, 1.54) is 7.11 Å². The Bertz CT molecular complexity index is 1060. The second-order valence-corrected chi connectivity index (χ2v) is 6.63. The molecule has 2 N–H and O–H groups in total. The molecule has 0 aliphatic heterocycles. The van der Waals surface area contributed by atoms with Gasteiger partial charge in [-0.25, -0.2) is 4.79 Å². The van der Waals surface area contributed by atoms with E-state index in [0.717, 1.165) is 0 Å². The predicted molar refractivity (Wildman–Crippen MR) is 117 cm³/mol. The molecule has 0 spiro atoms. The molecule has 0 aromatic heterocycles. The van der Waals surface area contributed by atoms with Gasteiger partial charge in [0.2, 0.25) is 0 Å². The van der Waals surface area contributed by atoms with Gasteiger partial charge in [0.15, 0.2) is 6.10 Å². The molecule has 0 fully saturated rings. The lowest BCUT2D eigenvalue weighted by Crippen LogP contribution is -2.30. The molecule has 31 heavy (non-hydrogen) atoms. The molecule has 3 aromatic carbocycles. The van der Waals surface area contributed by atoms with Crippen LogP contribution in [-0.4, -0.2) is 31.0 Å². The summed E-state index contributed by atoms with van der Waals surface area (Å²) in [5.41, 5.74) is 1.50. The smallest absolute Gasteiger partial charge is 0.339 e. The van der Waals surface area contributed by atoms with Crippen LogP contribution in [0.3, 0.4) is 0 Å². The Morgan fingerprint density at radius 3 is 2.13 bits per heavy atom. The number of para-hydroxylation sites is 2. The van der Waals surface area contributed by atoms with Gasteiger partial charge in [0.05, 0.1) is 18.4 Å². The van der Waals surface area contributed by atoms with E-state index in [0.29, 0.717) is 22.7 Å². The third-order valence-electron chi connectivity index (χ3n) is 4.42. The minimum atomic E-state index is -0.694. The molecule has 1 atom stereocenters. The number of methoxy groups -OCH3 is 1. The van der Waals surface area contributed by atoms with E-state index in [4.69, 9.17) is 9.47 Å². The van der Waals surface area contributed by atoms with Gasteiger partial charge in [-0.05, 0) is 55.5 Å². The summed E-state index contributed by atoms with van der Waals surface area (Å²) in [7, 11) is 1.28. The van der Waals surface area contributed by atoms with Gasteiger partial charge in [0, 0.05) is 11.3 Å². The molecule has 0 saturated carbocycles. The Labute approximate surface area is 180 Å². The lowest BCUT2D eigenvalue weighted by Gasteiger charge is -2.15. The van der Waals surface area contributed by atoms with Crippen LogP contribution in [0.5, 0.6) is 5.75 Å². The van der Waals surface area contributed by atoms with Crippen molar-refractivity contribution in [2.75, 3.05) is 17.7 Å². The monoisotopic (exact) mass is 418 g/mol. The van der Waals surface area contributed by atoms with Crippen LogP contribution in [0.4, 0.5) is 11.4 Å². The largest absolute Gasteiger partial charge is 0.481 e. The maximum absolute atomic E-state index is 12.6. The maximum Gasteiger partial charge on any atom is 0.339 e. The van der Waals surface area contributed by atoms with Crippen LogP contribution >= 0.6 is 0 Å². The number of esters is 1. The molecule has 0 unspecified atom stereocenters. The van der Waals surface area contributed by atoms with Crippen molar-refractivity contribution < 1.29 is 23.9 Å². The minimum Gasteiger partial charge on any atom is -0.481 e. The molecule has 0 aliphatic carbocycles. The zero-order chi connectivity index (χ0) is 22.2. The first-order chi connectivity index (χ1) is 15.0. The molecular weight excluding hydrogens is 396 g/mol. The number of benzene rings is 3. The van der Waals surface area contributed by atoms with Gasteiger partial charge >= 0.3 is 5.97 Å². The second kappa shape index (κ2) is 10.1. The highest BCUT2D eigenvalue weighted by molar-refractivity contribution is 6.08. The zero-order valence-corrected chi connectivity index (χ0v) is 17.1. The Morgan fingerprint density at radius 1 is 0.806 bits per heavy atom. The van der Waals surface area contributed by atoms with Crippen LogP contribution in [0.15, 0.2) is 78.9 Å². The van der Waals surface area contributed by atoms with E-state index in [2.05, 4.69) is 10.6 Å². The molecule has 158 valence electrons. The standard InChI is InChI=1S/C24H22N2O5/c1-16(31-19-8-4-3-5-9-19)22(27)25-18-14-12-17(13-15-18)23(28)26-21-11-7-6-10-20(21)24(29)30-2/h3-16H,1-2H3,(H,25,27)(H,26,28)/t16-/m1/s1. The summed E-state index contributed by atoms with van der Waals surface area (Å²) < 4.78 is 10.3. The van der Waals surface area contributed by atoms with Crippen molar-refractivity contribution in [3.63, 3.8) is 0 Å². The van der Waals surface area contributed by atoms with E-state index in [1.807, 2.05) is 18.2 Å². The van der Waals surface area contributed by atoms with E-state index in [-0.39, 0.29) is 11.5 Å². The number of anilines is 2. The highest BCUT2D eigenvalue weighted by atomic mass is 16.5. The van der Waals surface area contributed by atoms with Gasteiger partial charge in [-0.1, -0.05) is 30.3 Å². The summed E-state index contributed by atoms with van der Waals surface area (Å²) >= 11 is 0. The van der Waals surface area contributed by atoms with Gasteiger partial charge in [-0.15, -0.1) is 0 Å². The van der Waals surface area contributed by atoms with E-state index in [1.54, 1.807) is 67.6 Å². The van der Waals surface area contributed by atoms with Crippen molar-refractivity contribution in [1.29, 1.82) is 0 Å². The normalized spacial score (nSPS) is 11.2. The first-order valence-corrected chi connectivity index (χ1v) is 9.59. The summed E-state index contributed by atoms with van der Waals surface area (Å²) in [6.45, 7) is 1.66. The molecule has 7 heteroatoms. The third kappa shape index (κ3) is 5.70. The second-order valence-electron chi connectivity index (χ2n) is 6.63. The predicted octanol–water partition coefficient (Wildman–Crippen LogP) is 4.13. The van der Waals surface area contributed by atoms with Crippen molar-refractivity contribution in [2.45, 2.75) is 13.0 Å². The fraction of sp³-hybridized carbons (Fsp3) is 0.125. The fourth-order valence-corrected chi connectivity index (χ4v) is 2.78. The van der Waals surface area contributed by atoms with Gasteiger partial charge < -0.3 is 20.1 Å². The summed E-state index contributed by atoms with van der Waals surface area (Å²) in [4.78, 5) is 36.7. The topological polar surface area (TPSA) is 93.7 Å². The maximum atomic E-state index is 12.6. The minimum absolute atomic E-state index is 0.259. The highest BCUT2D eigenvalue weighted by Crippen LogP contribution is 2.18. The molecule has 3 rings (SSSR count). The average molecular weight is 418 g/mol. The van der Waals surface area contributed by atoms with E-state index < -0.39 is 18.0 Å². The number of hydrogen-bond donors (Lipinski definition) is 2. The van der Waals surface area contributed by atoms with Crippen LogP contribution in [0.1, 0.15) is 27.6 Å². The average Bonchev–Trinajstić information content (AvgIpc) is 2.80. The van der Waals surface area contributed by atoms with Crippen LogP contribution in [0.2, 0.25) is 0 Å². The number of hydrogen-bond acceptors (Lipinski definition) is 5. The summed E-state index contributed by atoms with van der Waals surface area (Å²) in [5.74, 6) is -0.645. The molecule has 3 aromatic rings. The Balaban J connectivity index is 1.62. The SMILES string of the molecule is COC(=O)c1ccccc1NC(=O)c1ccc(NC(=O)[C@@H](C)Oc2ccccc2)cc1. The number of carbonyl (C=O) groups is 3. The van der Waals surface area contributed by atoms with Gasteiger partial charge in [0.25, 0.3) is 11.8 Å². The van der Waals surface area contributed by atoms with Gasteiger partial charge in [-0.2, -0.15) is 0 Å². The number of ether oxygens (including phenoxy) is 2.